The molecule has 0 aliphatic heterocycles. The Labute approximate surface area is 152 Å². The quantitative estimate of drug-likeness (QED) is 0.468. The number of alkyl halides is 3. The Balaban J connectivity index is 3.16. The molecule has 0 spiro atoms. The van der Waals surface area contributed by atoms with Gasteiger partial charge in [-0.25, -0.2) is 9.59 Å². The Bertz CT molecular complexity index is 728. The molecule has 0 bridgehead atoms. The van der Waals surface area contributed by atoms with Gasteiger partial charge in [0.2, 0.25) is 0 Å². The predicted molar refractivity (Wildman–Crippen MR) is 87.0 cm³/mol. The topological polar surface area (TPSA) is 108 Å². The van der Waals surface area contributed by atoms with Gasteiger partial charge in [0.1, 0.15) is 11.6 Å². The van der Waals surface area contributed by atoms with Gasteiger partial charge >= 0.3 is 18.2 Å². The number of esters is 1. The van der Waals surface area contributed by atoms with Gasteiger partial charge in [-0.3, -0.25) is 10.1 Å². The molecular weight excluding hydrogens is 373 g/mol. The molecule has 1 N–H and O–H groups in total. The van der Waals surface area contributed by atoms with E-state index in [9.17, 15) is 32.9 Å². The van der Waals surface area contributed by atoms with Crippen molar-refractivity contribution < 1.29 is 37.2 Å². The number of methoxy groups -OCH3 is 1. The number of halogens is 3. The maximum Gasteiger partial charge on any atom is 0.416 e. The molecule has 27 heavy (non-hydrogen) atoms. The molecule has 1 amide bonds. The first-order chi connectivity index (χ1) is 12.2. The van der Waals surface area contributed by atoms with E-state index in [-0.39, 0.29) is 5.56 Å². The summed E-state index contributed by atoms with van der Waals surface area (Å²) in [5, 5.41) is 13.3. The molecule has 1 aromatic rings. The highest BCUT2D eigenvalue weighted by Crippen LogP contribution is 2.33. The number of amides is 1. The second-order valence-electron chi connectivity index (χ2n) is 6.52. The minimum absolute atomic E-state index is 0.181. The highest BCUT2D eigenvalue weighted by molar-refractivity contribution is 5.81. The zero-order valence-electron chi connectivity index (χ0n) is 15.0. The fourth-order valence-corrected chi connectivity index (χ4v) is 2.09. The third-order valence-electron chi connectivity index (χ3n) is 3.21. The summed E-state index contributed by atoms with van der Waals surface area (Å²) in [6.07, 6.45) is -6.20. The molecule has 0 heterocycles. The van der Waals surface area contributed by atoms with Crippen LogP contribution in [0.4, 0.5) is 23.7 Å². The molecule has 0 aliphatic rings. The highest BCUT2D eigenvalue weighted by atomic mass is 19.4. The third kappa shape index (κ3) is 6.76. The normalized spacial score (nSPS) is 12.9. The van der Waals surface area contributed by atoms with Gasteiger partial charge in [-0.2, -0.15) is 13.2 Å². The van der Waals surface area contributed by atoms with Gasteiger partial charge in [-0.1, -0.05) is 6.07 Å². The van der Waals surface area contributed by atoms with Crippen LogP contribution in [-0.4, -0.2) is 35.7 Å². The Morgan fingerprint density at radius 1 is 1.26 bits per heavy atom. The number of nitrogens with zero attached hydrogens (tertiary/aromatic N) is 1. The SMILES string of the molecule is COC(=O)[C@H](Cc1ccc(C(F)(F)F)cc1[N+](=O)[O-])NC(=O)OC(C)(C)C. The first-order valence-corrected chi connectivity index (χ1v) is 7.66. The fraction of sp³-hybridized carbons (Fsp3) is 0.500. The highest BCUT2D eigenvalue weighted by Gasteiger charge is 2.34. The average molecular weight is 392 g/mol. The minimum atomic E-state index is -4.76. The summed E-state index contributed by atoms with van der Waals surface area (Å²) in [5.41, 5.74) is -3.08. The number of alkyl carbamates (subject to hydrolysis) is 1. The van der Waals surface area contributed by atoms with E-state index in [0.717, 1.165) is 13.2 Å². The second kappa shape index (κ2) is 8.23. The molecule has 0 aromatic heterocycles. The van der Waals surface area contributed by atoms with Crippen molar-refractivity contribution in [2.75, 3.05) is 7.11 Å². The van der Waals surface area contributed by atoms with E-state index in [0.29, 0.717) is 12.1 Å². The smallest absolute Gasteiger partial charge is 0.416 e. The molecule has 1 aromatic carbocycles. The Kier molecular flexibility index (Phi) is 6.76. The Morgan fingerprint density at radius 3 is 2.30 bits per heavy atom. The lowest BCUT2D eigenvalue weighted by molar-refractivity contribution is -0.385. The molecule has 8 nitrogen and oxygen atoms in total. The van der Waals surface area contributed by atoms with Gasteiger partial charge in [0, 0.05) is 18.1 Å². The molecule has 0 saturated heterocycles. The van der Waals surface area contributed by atoms with Crippen molar-refractivity contribution in [3.63, 3.8) is 0 Å². The number of ether oxygens (including phenoxy) is 2. The predicted octanol–water partition coefficient (Wildman–Crippen LogP) is 3.22. The summed E-state index contributed by atoms with van der Waals surface area (Å²) in [7, 11) is 1.03. The molecule has 0 aliphatic carbocycles. The molecule has 11 heteroatoms. The van der Waals surface area contributed by atoms with Gasteiger partial charge < -0.3 is 14.8 Å². The Morgan fingerprint density at radius 2 is 1.85 bits per heavy atom. The number of nitrogens with one attached hydrogen (secondary N) is 1. The summed E-state index contributed by atoms with van der Waals surface area (Å²) in [5.74, 6) is -0.935. The maximum atomic E-state index is 12.8. The lowest BCUT2D eigenvalue weighted by Gasteiger charge is -2.22. The zero-order valence-corrected chi connectivity index (χ0v) is 15.0. The van der Waals surface area contributed by atoms with Crippen LogP contribution in [0.15, 0.2) is 18.2 Å². The van der Waals surface area contributed by atoms with Crippen molar-refractivity contribution in [2.24, 2.45) is 0 Å². The van der Waals surface area contributed by atoms with Gasteiger partial charge in [0.25, 0.3) is 5.69 Å². The van der Waals surface area contributed by atoms with E-state index in [1.54, 1.807) is 20.8 Å². The zero-order chi connectivity index (χ0) is 21.0. The van der Waals surface area contributed by atoms with E-state index in [2.05, 4.69) is 10.1 Å². The number of rotatable bonds is 5. The van der Waals surface area contributed by atoms with Crippen molar-refractivity contribution in [3.8, 4) is 0 Å². The van der Waals surface area contributed by atoms with Crippen LogP contribution in [0.2, 0.25) is 0 Å². The maximum absolute atomic E-state index is 12.8. The molecular formula is C16H19F3N2O6. The van der Waals surface area contributed by atoms with E-state index >= 15 is 0 Å². The lowest BCUT2D eigenvalue weighted by atomic mass is 10.0. The Hall–Kier alpha value is -2.85. The van der Waals surface area contributed by atoms with Crippen LogP contribution in [0.1, 0.15) is 31.9 Å². The number of nitro benzene ring substituents is 1. The largest absolute Gasteiger partial charge is 0.467 e. The first-order valence-electron chi connectivity index (χ1n) is 7.66. The van der Waals surface area contributed by atoms with Crippen molar-refractivity contribution in [1.82, 2.24) is 5.32 Å². The number of carbonyl (C=O) groups excluding carboxylic acids is 2. The summed E-state index contributed by atoms with van der Waals surface area (Å²) in [4.78, 5) is 33.9. The summed E-state index contributed by atoms with van der Waals surface area (Å²) in [6.45, 7) is 4.75. The number of carbonyl (C=O) groups is 2. The fourth-order valence-electron chi connectivity index (χ4n) is 2.09. The minimum Gasteiger partial charge on any atom is -0.467 e. The van der Waals surface area contributed by atoms with Crippen molar-refractivity contribution in [1.29, 1.82) is 0 Å². The van der Waals surface area contributed by atoms with E-state index in [1.807, 2.05) is 0 Å². The van der Waals surface area contributed by atoms with Crippen molar-refractivity contribution >= 4 is 17.7 Å². The monoisotopic (exact) mass is 392 g/mol. The van der Waals surface area contributed by atoms with Gasteiger partial charge in [-0.05, 0) is 26.8 Å². The van der Waals surface area contributed by atoms with Crippen LogP contribution in [-0.2, 0) is 26.9 Å². The summed E-state index contributed by atoms with van der Waals surface area (Å²) in [6, 6.07) is 0.523. The molecule has 0 unspecified atom stereocenters. The number of benzene rings is 1. The molecule has 0 fully saturated rings. The average Bonchev–Trinajstić information content (AvgIpc) is 2.50. The van der Waals surface area contributed by atoms with Crippen LogP contribution < -0.4 is 5.32 Å². The van der Waals surface area contributed by atoms with E-state index in [1.165, 1.54) is 0 Å². The molecule has 150 valence electrons. The van der Waals surface area contributed by atoms with Gasteiger partial charge in [0.15, 0.2) is 0 Å². The van der Waals surface area contributed by atoms with Crippen molar-refractivity contribution in [3.05, 3.63) is 39.4 Å². The van der Waals surface area contributed by atoms with Crippen LogP contribution in [0.3, 0.4) is 0 Å². The summed E-state index contributed by atoms with van der Waals surface area (Å²) >= 11 is 0. The van der Waals surface area contributed by atoms with Crippen LogP contribution >= 0.6 is 0 Å². The number of nitro groups is 1. The van der Waals surface area contributed by atoms with Crippen LogP contribution in [0.25, 0.3) is 0 Å². The van der Waals surface area contributed by atoms with Crippen molar-refractivity contribution in [2.45, 2.75) is 45.0 Å². The lowest BCUT2D eigenvalue weighted by Crippen LogP contribution is -2.45. The molecule has 1 rings (SSSR count). The van der Waals surface area contributed by atoms with E-state index in [4.69, 9.17) is 4.74 Å². The molecule has 1 atom stereocenters. The van der Waals surface area contributed by atoms with Crippen LogP contribution in [0.5, 0.6) is 0 Å². The third-order valence-corrected chi connectivity index (χ3v) is 3.21. The second-order valence-corrected chi connectivity index (χ2v) is 6.52. The first kappa shape index (κ1) is 22.2. The van der Waals surface area contributed by atoms with Crippen LogP contribution in [0, 0.1) is 10.1 Å². The number of hydrogen-bond acceptors (Lipinski definition) is 6. The number of hydrogen-bond donors (Lipinski definition) is 1. The molecule has 0 radical (unpaired) electrons. The standard InChI is InChI=1S/C16H19F3N2O6/c1-15(2,3)27-14(23)20-11(13(22)26-4)7-9-5-6-10(16(17,18)19)8-12(9)21(24)25/h5-6,8,11H,7H2,1-4H3,(H,20,23)/t11-/m0/s1. The van der Waals surface area contributed by atoms with E-state index < -0.39 is 52.5 Å². The van der Waals surface area contributed by atoms with Gasteiger partial charge in [0.05, 0.1) is 17.6 Å². The molecule has 0 saturated carbocycles. The summed E-state index contributed by atoms with van der Waals surface area (Å²) < 4.78 is 47.8. The van der Waals surface area contributed by atoms with Gasteiger partial charge in [-0.15, -0.1) is 0 Å².